The van der Waals surface area contributed by atoms with Crippen molar-refractivity contribution in [2.45, 2.75) is 44.9 Å². The zero-order chi connectivity index (χ0) is 8.93. The summed E-state index contributed by atoms with van der Waals surface area (Å²) >= 11 is 4.24. The van der Waals surface area contributed by atoms with Gasteiger partial charge in [-0.1, -0.05) is 18.4 Å². The molecule has 1 saturated heterocycles. The van der Waals surface area contributed by atoms with E-state index in [1.165, 1.54) is 56.5 Å². The third-order valence-corrected chi connectivity index (χ3v) is 5.55. The van der Waals surface area contributed by atoms with Crippen LogP contribution in [0, 0.1) is 0 Å². The van der Waals surface area contributed by atoms with Crippen LogP contribution >= 0.6 is 23.5 Å². The minimum Gasteiger partial charge on any atom is -0.119 e. The Morgan fingerprint density at radius 2 is 1.31 bits per heavy atom. The Kier molecular flexibility index (Phi) is 4.11. The maximum atomic E-state index is 2.12. The molecule has 1 aliphatic carbocycles. The van der Waals surface area contributed by atoms with E-state index in [2.05, 4.69) is 23.5 Å². The van der Waals surface area contributed by atoms with Crippen molar-refractivity contribution in [3.05, 3.63) is 9.81 Å². The molecule has 0 aromatic carbocycles. The molecule has 0 N–H and O–H groups in total. The molecule has 0 radical (unpaired) electrons. The zero-order valence-corrected chi connectivity index (χ0v) is 9.81. The molecule has 2 rings (SSSR count). The molecular formula is C11H18S2. The molecule has 0 aromatic rings. The number of hydrogen-bond donors (Lipinski definition) is 0. The van der Waals surface area contributed by atoms with Crippen LogP contribution in [0.25, 0.3) is 0 Å². The largest absolute Gasteiger partial charge is 0.119 e. The second-order valence-electron chi connectivity index (χ2n) is 3.86. The number of rotatable bonds is 0. The molecule has 74 valence electrons. The normalized spacial score (nSPS) is 25.8. The summed E-state index contributed by atoms with van der Waals surface area (Å²) in [4.78, 5) is 0. The molecule has 2 fully saturated rings. The van der Waals surface area contributed by atoms with Crippen molar-refractivity contribution in [2.24, 2.45) is 0 Å². The summed E-state index contributed by atoms with van der Waals surface area (Å²) in [6, 6.07) is 0. The first kappa shape index (κ1) is 9.97. The highest BCUT2D eigenvalue weighted by Gasteiger charge is 2.13. The highest BCUT2D eigenvalue weighted by atomic mass is 32.2. The maximum Gasteiger partial charge on any atom is 0.0392 e. The van der Waals surface area contributed by atoms with Gasteiger partial charge < -0.3 is 0 Å². The van der Waals surface area contributed by atoms with E-state index in [0.717, 1.165) is 0 Å². The quantitative estimate of drug-likeness (QED) is 0.547. The molecule has 0 amide bonds. The molecule has 0 spiro atoms. The standard InChI is InChI=1S/C11H18S2/c1-2-4-7-10(6-3-1)11-12-8-5-9-13-11/h1-9H2. The first-order valence-corrected chi connectivity index (χ1v) is 7.41. The van der Waals surface area contributed by atoms with Gasteiger partial charge in [0.15, 0.2) is 0 Å². The summed E-state index contributed by atoms with van der Waals surface area (Å²) in [5.74, 6) is 2.73. The van der Waals surface area contributed by atoms with Gasteiger partial charge >= 0.3 is 0 Å². The first-order chi connectivity index (χ1) is 6.47. The third kappa shape index (κ3) is 2.95. The van der Waals surface area contributed by atoms with Gasteiger partial charge in [0, 0.05) is 4.24 Å². The summed E-state index contributed by atoms with van der Waals surface area (Å²) in [7, 11) is 0. The molecule has 1 aliphatic heterocycles. The van der Waals surface area contributed by atoms with Gasteiger partial charge in [0.2, 0.25) is 0 Å². The minimum atomic E-state index is 1.37. The Bertz CT molecular complexity index is 178. The zero-order valence-electron chi connectivity index (χ0n) is 8.18. The maximum absolute atomic E-state index is 2.12. The smallest absolute Gasteiger partial charge is 0.0392 e. The Labute approximate surface area is 89.9 Å². The van der Waals surface area contributed by atoms with Gasteiger partial charge in [-0.2, -0.15) is 0 Å². The SMILES string of the molecule is C1CCCC(=C2SCCCS2)CC1. The molecule has 13 heavy (non-hydrogen) atoms. The van der Waals surface area contributed by atoms with Crippen LogP contribution in [0.15, 0.2) is 9.81 Å². The number of allylic oxidation sites excluding steroid dienone is 1. The van der Waals surface area contributed by atoms with E-state index in [0.29, 0.717) is 0 Å². The molecule has 1 saturated carbocycles. The van der Waals surface area contributed by atoms with E-state index in [1.807, 2.05) is 0 Å². The predicted octanol–water partition coefficient (Wildman–Crippen LogP) is 4.42. The van der Waals surface area contributed by atoms with Crippen LogP contribution in [-0.2, 0) is 0 Å². The van der Waals surface area contributed by atoms with E-state index in [-0.39, 0.29) is 0 Å². The lowest BCUT2D eigenvalue weighted by molar-refractivity contribution is 0.702. The second kappa shape index (κ2) is 5.35. The fourth-order valence-electron chi connectivity index (χ4n) is 1.99. The first-order valence-electron chi connectivity index (χ1n) is 5.44. The van der Waals surface area contributed by atoms with Crippen molar-refractivity contribution in [1.82, 2.24) is 0 Å². The van der Waals surface area contributed by atoms with Crippen molar-refractivity contribution in [3.63, 3.8) is 0 Å². The van der Waals surface area contributed by atoms with Gasteiger partial charge in [-0.15, -0.1) is 23.5 Å². The number of hydrogen-bond acceptors (Lipinski definition) is 2. The molecule has 1 heterocycles. The van der Waals surface area contributed by atoms with Crippen LogP contribution in [0.4, 0.5) is 0 Å². The average Bonchev–Trinajstić information content (AvgIpc) is 2.47. The van der Waals surface area contributed by atoms with Gasteiger partial charge in [0.1, 0.15) is 0 Å². The van der Waals surface area contributed by atoms with Gasteiger partial charge in [-0.05, 0) is 43.6 Å². The van der Waals surface area contributed by atoms with E-state index in [9.17, 15) is 0 Å². The fraction of sp³-hybridized carbons (Fsp3) is 0.818. The Morgan fingerprint density at radius 3 is 1.92 bits per heavy atom. The van der Waals surface area contributed by atoms with Crippen LogP contribution < -0.4 is 0 Å². The lowest BCUT2D eigenvalue weighted by Crippen LogP contribution is -1.95. The van der Waals surface area contributed by atoms with E-state index in [1.54, 1.807) is 9.81 Å². The fourth-order valence-corrected chi connectivity index (χ4v) is 4.77. The van der Waals surface area contributed by atoms with E-state index in [4.69, 9.17) is 0 Å². The molecule has 0 nitrogen and oxygen atoms in total. The second-order valence-corrected chi connectivity index (χ2v) is 6.32. The summed E-state index contributed by atoms with van der Waals surface area (Å²) in [5.41, 5.74) is 1.80. The van der Waals surface area contributed by atoms with E-state index < -0.39 is 0 Å². The van der Waals surface area contributed by atoms with Crippen molar-refractivity contribution >= 4 is 23.5 Å². The minimum absolute atomic E-state index is 1.37. The molecule has 2 aliphatic rings. The third-order valence-electron chi connectivity index (χ3n) is 2.75. The van der Waals surface area contributed by atoms with E-state index >= 15 is 0 Å². The Morgan fingerprint density at radius 1 is 0.692 bits per heavy atom. The summed E-state index contributed by atoms with van der Waals surface area (Å²) < 4.78 is 1.70. The molecule has 2 heteroatoms. The van der Waals surface area contributed by atoms with Crippen LogP contribution in [-0.4, -0.2) is 11.5 Å². The molecule has 0 unspecified atom stereocenters. The van der Waals surface area contributed by atoms with Crippen molar-refractivity contribution in [1.29, 1.82) is 0 Å². The average molecular weight is 214 g/mol. The highest BCUT2D eigenvalue weighted by molar-refractivity contribution is 8.22. The van der Waals surface area contributed by atoms with Crippen LogP contribution in [0.3, 0.4) is 0 Å². The van der Waals surface area contributed by atoms with Crippen molar-refractivity contribution in [2.75, 3.05) is 11.5 Å². The topological polar surface area (TPSA) is 0 Å². The van der Waals surface area contributed by atoms with Gasteiger partial charge in [-0.25, -0.2) is 0 Å². The lowest BCUT2D eigenvalue weighted by Gasteiger charge is -2.17. The molecular weight excluding hydrogens is 196 g/mol. The lowest BCUT2D eigenvalue weighted by atomic mass is 10.1. The predicted molar refractivity (Wildman–Crippen MR) is 64.3 cm³/mol. The van der Waals surface area contributed by atoms with Crippen molar-refractivity contribution < 1.29 is 0 Å². The molecule has 0 aromatic heterocycles. The Balaban J connectivity index is 2.00. The molecule has 0 atom stereocenters. The summed E-state index contributed by atoms with van der Waals surface area (Å²) in [5, 5.41) is 0. The molecule has 0 bridgehead atoms. The van der Waals surface area contributed by atoms with Crippen LogP contribution in [0.2, 0.25) is 0 Å². The highest BCUT2D eigenvalue weighted by Crippen LogP contribution is 2.40. The van der Waals surface area contributed by atoms with Gasteiger partial charge in [0.05, 0.1) is 0 Å². The van der Waals surface area contributed by atoms with Crippen LogP contribution in [0.5, 0.6) is 0 Å². The number of thioether (sulfide) groups is 2. The van der Waals surface area contributed by atoms with Gasteiger partial charge in [-0.3, -0.25) is 0 Å². The summed E-state index contributed by atoms with van der Waals surface area (Å²) in [6.07, 6.45) is 10.0. The summed E-state index contributed by atoms with van der Waals surface area (Å²) in [6.45, 7) is 0. The van der Waals surface area contributed by atoms with Crippen LogP contribution in [0.1, 0.15) is 44.9 Å². The Hall–Kier alpha value is 0.440. The van der Waals surface area contributed by atoms with Gasteiger partial charge in [0.25, 0.3) is 0 Å². The van der Waals surface area contributed by atoms with Crippen molar-refractivity contribution in [3.8, 4) is 0 Å². The monoisotopic (exact) mass is 214 g/mol.